The van der Waals surface area contributed by atoms with Crippen LogP contribution in [0.5, 0.6) is 0 Å². The lowest BCUT2D eigenvalue weighted by Gasteiger charge is -2.40. The van der Waals surface area contributed by atoms with Gasteiger partial charge in [-0.2, -0.15) is 0 Å². The van der Waals surface area contributed by atoms with E-state index in [9.17, 15) is 9.90 Å². The summed E-state index contributed by atoms with van der Waals surface area (Å²) < 4.78 is 0. The Morgan fingerprint density at radius 1 is 1.06 bits per heavy atom. The highest BCUT2D eigenvalue weighted by molar-refractivity contribution is 5.76. The van der Waals surface area contributed by atoms with Gasteiger partial charge in [0.2, 0.25) is 5.91 Å². The van der Waals surface area contributed by atoms with Gasteiger partial charge in [0.1, 0.15) is 11.6 Å². The lowest BCUT2D eigenvalue weighted by atomic mass is 9.77. The van der Waals surface area contributed by atoms with Crippen molar-refractivity contribution < 1.29 is 9.90 Å². The fraction of sp³-hybridized carbons (Fsp3) is 0.821. The van der Waals surface area contributed by atoms with E-state index in [0.717, 1.165) is 76.0 Å². The zero-order valence-electron chi connectivity index (χ0n) is 22.0. The molecular formula is C28H45N5O2. The van der Waals surface area contributed by atoms with Crippen LogP contribution in [0.3, 0.4) is 0 Å². The monoisotopic (exact) mass is 483 g/mol. The van der Waals surface area contributed by atoms with E-state index in [1.807, 2.05) is 0 Å². The van der Waals surface area contributed by atoms with Crippen molar-refractivity contribution in [2.75, 3.05) is 37.6 Å². The summed E-state index contributed by atoms with van der Waals surface area (Å²) in [5.74, 6) is 4.05. The van der Waals surface area contributed by atoms with Gasteiger partial charge in [-0.25, -0.2) is 9.97 Å². The van der Waals surface area contributed by atoms with Gasteiger partial charge in [-0.3, -0.25) is 9.69 Å². The molecule has 0 aromatic carbocycles. The lowest BCUT2D eigenvalue weighted by molar-refractivity contribution is -0.125. The molecule has 1 aliphatic heterocycles. The van der Waals surface area contributed by atoms with Crippen molar-refractivity contribution >= 4 is 11.7 Å². The summed E-state index contributed by atoms with van der Waals surface area (Å²) in [5.41, 5.74) is 1.22. The average molecular weight is 484 g/mol. The van der Waals surface area contributed by atoms with Crippen molar-refractivity contribution in [3.05, 3.63) is 17.6 Å². The lowest BCUT2D eigenvalue weighted by Crippen LogP contribution is -2.49. The first-order chi connectivity index (χ1) is 16.7. The Bertz CT molecular complexity index is 876. The van der Waals surface area contributed by atoms with Crippen LogP contribution in [-0.4, -0.2) is 70.8 Å². The number of carbonyl (C=O) groups excluding carboxylic acids is 1. The Hall–Kier alpha value is -1.73. The van der Waals surface area contributed by atoms with Crippen LogP contribution in [0.25, 0.3) is 0 Å². The van der Waals surface area contributed by atoms with Gasteiger partial charge in [0.15, 0.2) is 0 Å². The second kappa shape index (κ2) is 10.3. The first-order valence-corrected chi connectivity index (χ1v) is 14.1. The summed E-state index contributed by atoms with van der Waals surface area (Å²) in [6.45, 7) is 12.0. The molecule has 0 unspecified atom stereocenters. The van der Waals surface area contributed by atoms with Gasteiger partial charge in [0.05, 0.1) is 6.10 Å². The molecule has 1 saturated heterocycles. The van der Waals surface area contributed by atoms with Crippen molar-refractivity contribution in [1.29, 1.82) is 0 Å². The van der Waals surface area contributed by atoms with E-state index in [4.69, 9.17) is 9.97 Å². The predicted molar refractivity (Wildman–Crippen MR) is 139 cm³/mol. The Labute approximate surface area is 211 Å². The third kappa shape index (κ3) is 6.16. The minimum atomic E-state index is -0.172. The Kier molecular flexibility index (Phi) is 7.36. The molecule has 2 heterocycles. The van der Waals surface area contributed by atoms with Gasteiger partial charge in [0.25, 0.3) is 0 Å². The molecule has 7 nitrogen and oxygen atoms in total. The molecule has 3 saturated carbocycles. The number of anilines is 1. The van der Waals surface area contributed by atoms with Crippen LogP contribution >= 0.6 is 0 Å². The fourth-order valence-corrected chi connectivity index (χ4v) is 5.93. The van der Waals surface area contributed by atoms with Crippen molar-refractivity contribution in [2.24, 2.45) is 11.8 Å². The fourth-order valence-electron chi connectivity index (χ4n) is 5.93. The maximum absolute atomic E-state index is 12.2. The predicted octanol–water partition coefficient (Wildman–Crippen LogP) is 3.61. The van der Waals surface area contributed by atoms with Crippen molar-refractivity contribution in [3.8, 4) is 0 Å². The molecule has 0 atom stereocenters. The number of carbonyl (C=O) groups is 1. The summed E-state index contributed by atoms with van der Waals surface area (Å²) in [7, 11) is 0. The molecule has 1 amide bonds. The number of hydrogen-bond acceptors (Lipinski definition) is 6. The van der Waals surface area contributed by atoms with Crippen LogP contribution < -0.4 is 10.2 Å². The van der Waals surface area contributed by atoms with E-state index in [2.05, 4.69) is 42.0 Å². The summed E-state index contributed by atoms with van der Waals surface area (Å²) in [4.78, 5) is 27.2. The second-order valence-corrected chi connectivity index (χ2v) is 12.8. The quantitative estimate of drug-likeness (QED) is 0.588. The maximum atomic E-state index is 12.2. The normalized spacial score (nSPS) is 29.8. The number of amides is 1. The van der Waals surface area contributed by atoms with E-state index in [1.165, 1.54) is 31.4 Å². The highest BCUT2D eigenvalue weighted by Gasteiger charge is 2.33. The van der Waals surface area contributed by atoms with Crippen LogP contribution in [0.1, 0.15) is 96.0 Å². The number of hydrogen-bond donors (Lipinski definition) is 2. The third-order valence-electron chi connectivity index (χ3n) is 8.76. The van der Waals surface area contributed by atoms with E-state index < -0.39 is 0 Å². The number of aromatic nitrogens is 2. The molecular weight excluding hydrogens is 438 g/mol. The molecule has 0 bridgehead atoms. The number of aliphatic hydroxyl groups excluding tert-OH is 1. The van der Waals surface area contributed by atoms with Crippen molar-refractivity contribution in [2.45, 2.75) is 102 Å². The molecule has 3 aliphatic carbocycles. The van der Waals surface area contributed by atoms with Crippen LogP contribution in [0.15, 0.2) is 6.07 Å². The first-order valence-electron chi connectivity index (χ1n) is 14.1. The molecule has 4 fully saturated rings. The molecule has 0 radical (unpaired) electrons. The van der Waals surface area contributed by atoms with E-state index in [0.29, 0.717) is 24.3 Å². The molecule has 2 N–H and O–H groups in total. The number of rotatable bonds is 8. The Morgan fingerprint density at radius 3 is 2.37 bits per heavy atom. The SMILES string of the molecule is CC(C)(C)c1nc(C2CCC2)cc(N2CCN(CCC3CC(NC(=O)CC4CC(O)C4)C3)CC2)n1. The van der Waals surface area contributed by atoms with Crippen LogP contribution in [0.4, 0.5) is 5.82 Å². The minimum absolute atomic E-state index is 0.0316. The molecule has 7 heteroatoms. The van der Waals surface area contributed by atoms with E-state index >= 15 is 0 Å². The van der Waals surface area contributed by atoms with Crippen LogP contribution in [0.2, 0.25) is 0 Å². The number of nitrogens with one attached hydrogen (secondary N) is 1. The highest BCUT2D eigenvalue weighted by atomic mass is 16.3. The van der Waals surface area contributed by atoms with Gasteiger partial charge < -0.3 is 15.3 Å². The number of aliphatic hydroxyl groups is 1. The number of piperazine rings is 1. The summed E-state index contributed by atoms with van der Waals surface area (Å²) in [6, 6.07) is 2.64. The minimum Gasteiger partial charge on any atom is -0.393 e. The van der Waals surface area contributed by atoms with Crippen molar-refractivity contribution in [1.82, 2.24) is 20.2 Å². The zero-order chi connectivity index (χ0) is 24.6. The first kappa shape index (κ1) is 24.9. The molecule has 1 aromatic heterocycles. The second-order valence-electron chi connectivity index (χ2n) is 12.8. The largest absolute Gasteiger partial charge is 0.393 e. The highest BCUT2D eigenvalue weighted by Crippen LogP contribution is 2.37. The van der Waals surface area contributed by atoms with Gasteiger partial charge in [-0.15, -0.1) is 0 Å². The molecule has 194 valence electrons. The van der Waals surface area contributed by atoms with Gasteiger partial charge in [-0.05, 0) is 63.3 Å². The summed E-state index contributed by atoms with van der Waals surface area (Å²) >= 11 is 0. The summed E-state index contributed by atoms with van der Waals surface area (Å²) in [6.07, 6.45) is 9.35. The van der Waals surface area contributed by atoms with Gasteiger partial charge in [0, 0.05) is 61.7 Å². The molecule has 35 heavy (non-hydrogen) atoms. The van der Waals surface area contributed by atoms with Crippen molar-refractivity contribution in [3.63, 3.8) is 0 Å². The number of nitrogens with zero attached hydrogens (tertiary/aromatic N) is 4. The smallest absolute Gasteiger partial charge is 0.220 e. The van der Waals surface area contributed by atoms with Gasteiger partial charge >= 0.3 is 0 Å². The Balaban J connectivity index is 1.03. The zero-order valence-corrected chi connectivity index (χ0v) is 22.0. The molecule has 5 rings (SSSR count). The maximum Gasteiger partial charge on any atom is 0.220 e. The van der Waals surface area contributed by atoms with Crippen LogP contribution in [-0.2, 0) is 10.2 Å². The molecule has 0 spiro atoms. The van der Waals surface area contributed by atoms with E-state index in [-0.39, 0.29) is 17.4 Å². The molecule has 4 aliphatic rings. The Morgan fingerprint density at radius 2 is 1.77 bits per heavy atom. The molecule has 1 aromatic rings. The van der Waals surface area contributed by atoms with Gasteiger partial charge in [-0.1, -0.05) is 27.2 Å². The van der Waals surface area contributed by atoms with Crippen LogP contribution in [0, 0.1) is 11.8 Å². The topological polar surface area (TPSA) is 81.6 Å². The third-order valence-corrected chi connectivity index (χ3v) is 8.76. The average Bonchev–Trinajstić information content (AvgIpc) is 2.72. The van der Waals surface area contributed by atoms with E-state index in [1.54, 1.807) is 0 Å². The summed E-state index contributed by atoms with van der Waals surface area (Å²) in [5, 5.41) is 12.6. The standard InChI is InChI=1S/C28H45N5O2/c1-28(2,3)27-30-24(21-5-4-6-21)18-25(31-27)33-11-9-32(10-12-33)8-7-19-13-22(14-19)29-26(35)17-20-15-23(34)16-20/h18-23,34H,4-17H2,1-3H3,(H,29,35).